The predicted octanol–water partition coefficient (Wildman–Crippen LogP) is 1.98. The minimum atomic E-state index is -0.650. The van der Waals surface area contributed by atoms with E-state index in [1.807, 2.05) is 6.92 Å². The molecule has 2 aliphatic rings. The number of hydrogen-bond donors (Lipinski definition) is 4. The Morgan fingerprint density at radius 3 is 2.82 bits per heavy atom. The summed E-state index contributed by atoms with van der Waals surface area (Å²) in [5, 5.41) is 14.2. The Morgan fingerprint density at radius 2 is 2.08 bits per heavy atom. The van der Waals surface area contributed by atoms with Crippen molar-refractivity contribution in [2.45, 2.75) is 25.7 Å². The Kier molecular flexibility index (Phi) is 7.29. The molecule has 2 aliphatic heterocycles. The van der Waals surface area contributed by atoms with Crippen molar-refractivity contribution in [1.82, 2.24) is 34.9 Å². The van der Waals surface area contributed by atoms with E-state index in [4.69, 9.17) is 4.74 Å². The van der Waals surface area contributed by atoms with Crippen LogP contribution in [-0.2, 0) is 11.8 Å². The van der Waals surface area contributed by atoms with E-state index in [1.165, 1.54) is 13.3 Å². The molecule has 4 N–H and O–H groups in total. The van der Waals surface area contributed by atoms with Crippen LogP contribution in [0.25, 0.3) is 16.6 Å². The summed E-state index contributed by atoms with van der Waals surface area (Å²) in [5.74, 6) is 0.204. The smallest absolute Gasteiger partial charge is 0.256 e. The summed E-state index contributed by atoms with van der Waals surface area (Å²) in [7, 11) is 5.39. The van der Waals surface area contributed by atoms with Gasteiger partial charge >= 0.3 is 0 Å². The minimum absolute atomic E-state index is 0.101. The van der Waals surface area contributed by atoms with Gasteiger partial charge in [0.15, 0.2) is 17.9 Å². The molecule has 3 aromatic heterocycles. The highest BCUT2D eigenvalue weighted by molar-refractivity contribution is 6.05. The van der Waals surface area contributed by atoms with Crippen LogP contribution >= 0.6 is 0 Å². The molecule has 0 spiro atoms. The number of likely N-dealkylation sites (N-methyl/N-ethyl adjacent to an activating group) is 1. The molecular formula is C25H33FN10O2. The van der Waals surface area contributed by atoms with E-state index in [0.717, 1.165) is 26.2 Å². The standard InChI is InChI=1S/C25H33FN10O2/c1-5-19(36-10-8-34(2)9-11-36)23(37)32-22-21-15(6-7-27-22)16(12-28-21)20-17(26)13-29-25(31-20)30-18-14-35(3)33-24(18)38-4/h6-7,12-14,19,25,28,30-31H,5,8-11H2,1-4H3,(H,27,32,37). The first-order valence-electron chi connectivity index (χ1n) is 12.6. The molecule has 38 heavy (non-hydrogen) atoms. The fourth-order valence-electron chi connectivity index (χ4n) is 4.89. The van der Waals surface area contributed by atoms with Crippen molar-refractivity contribution in [3.05, 3.63) is 36.0 Å². The molecule has 0 bridgehead atoms. The number of anilines is 2. The number of nitrogens with one attached hydrogen (secondary N) is 4. The van der Waals surface area contributed by atoms with Crippen molar-refractivity contribution in [3.63, 3.8) is 0 Å². The number of aromatic nitrogens is 4. The summed E-state index contributed by atoms with van der Waals surface area (Å²) in [5.41, 5.74) is 2.09. The zero-order valence-electron chi connectivity index (χ0n) is 22.0. The van der Waals surface area contributed by atoms with Gasteiger partial charge in [0, 0.05) is 56.6 Å². The third kappa shape index (κ3) is 5.07. The fraction of sp³-hybridized carbons (Fsp3) is 0.440. The van der Waals surface area contributed by atoms with E-state index in [-0.39, 0.29) is 17.6 Å². The number of aliphatic imine (C=N–C) groups is 1. The molecule has 0 radical (unpaired) electrons. The molecule has 5 heterocycles. The zero-order chi connectivity index (χ0) is 26.8. The number of amides is 1. The third-order valence-electron chi connectivity index (χ3n) is 6.92. The molecule has 12 nitrogen and oxygen atoms in total. The first-order chi connectivity index (χ1) is 18.4. The third-order valence-corrected chi connectivity index (χ3v) is 6.92. The van der Waals surface area contributed by atoms with Gasteiger partial charge in [0.1, 0.15) is 5.69 Å². The number of methoxy groups -OCH3 is 1. The highest BCUT2D eigenvalue weighted by Gasteiger charge is 2.28. The second-order valence-electron chi connectivity index (χ2n) is 9.46. The van der Waals surface area contributed by atoms with Crippen LogP contribution in [0, 0.1) is 0 Å². The second-order valence-corrected chi connectivity index (χ2v) is 9.46. The van der Waals surface area contributed by atoms with Crippen LogP contribution in [0.3, 0.4) is 0 Å². The molecule has 202 valence electrons. The van der Waals surface area contributed by atoms with E-state index >= 15 is 0 Å². The summed E-state index contributed by atoms with van der Waals surface area (Å²) in [4.78, 5) is 29.5. The molecule has 1 amide bonds. The number of rotatable bonds is 8. The number of carbonyl (C=O) groups is 1. The van der Waals surface area contributed by atoms with Gasteiger partial charge in [0.05, 0.1) is 36.8 Å². The molecule has 2 unspecified atom stereocenters. The summed E-state index contributed by atoms with van der Waals surface area (Å²) < 4.78 is 21.9. The number of fused-ring (bicyclic) bond motifs is 1. The van der Waals surface area contributed by atoms with E-state index in [2.05, 4.69) is 52.9 Å². The highest BCUT2D eigenvalue weighted by atomic mass is 19.1. The number of nitrogens with zero attached hydrogens (tertiary/aromatic N) is 6. The number of hydrogen-bond acceptors (Lipinski definition) is 9. The lowest BCUT2D eigenvalue weighted by Crippen LogP contribution is -2.52. The average Bonchev–Trinajstić information content (AvgIpc) is 3.50. The van der Waals surface area contributed by atoms with Crippen LogP contribution in [0.1, 0.15) is 18.9 Å². The number of piperazine rings is 1. The fourth-order valence-corrected chi connectivity index (χ4v) is 4.89. The molecule has 1 saturated heterocycles. The number of halogens is 1. The topological polar surface area (TPSA) is 128 Å². The number of aryl methyl sites for hydroxylation is 1. The van der Waals surface area contributed by atoms with Crippen molar-refractivity contribution in [1.29, 1.82) is 0 Å². The summed E-state index contributed by atoms with van der Waals surface area (Å²) in [6.45, 7) is 5.55. The number of carbonyl (C=O) groups excluding carboxylic acids is 1. The van der Waals surface area contributed by atoms with E-state index < -0.39 is 12.1 Å². The molecule has 1 fully saturated rings. The Balaban J connectivity index is 1.35. The predicted molar refractivity (Wildman–Crippen MR) is 145 cm³/mol. The lowest BCUT2D eigenvalue weighted by atomic mass is 10.1. The van der Waals surface area contributed by atoms with Gasteiger partial charge in [0.25, 0.3) is 5.88 Å². The van der Waals surface area contributed by atoms with Crippen molar-refractivity contribution >= 4 is 40.2 Å². The van der Waals surface area contributed by atoms with Gasteiger partial charge in [-0.3, -0.25) is 14.4 Å². The van der Waals surface area contributed by atoms with Gasteiger partial charge < -0.3 is 30.6 Å². The molecule has 2 atom stereocenters. The van der Waals surface area contributed by atoms with Crippen LogP contribution in [0.5, 0.6) is 5.88 Å². The van der Waals surface area contributed by atoms with Gasteiger partial charge in [-0.15, -0.1) is 5.10 Å². The number of ether oxygens (including phenoxy) is 1. The normalized spacial score (nSPS) is 19.4. The monoisotopic (exact) mass is 524 g/mol. The van der Waals surface area contributed by atoms with E-state index in [9.17, 15) is 9.18 Å². The highest BCUT2D eigenvalue weighted by Crippen LogP contribution is 2.31. The van der Waals surface area contributed by atoms with Gasteiger partial charge in [-0.2, -0.15) is 0 Å². The van der Waals surface area contributed by atoms with Crippen molar-refractivity contribution < 1.29 is 13.9 Å². The van der Waals surface area contributed by atoms with Crippen LogP contribution in [-0.4, -0.2) is 94.3 Å². The second kappa shape index (κ2) is 10.8. The van der Waals surface area contributed by atoms with Gasteiger partial charge in [-0.05, 0) is 19.5 Å². The SMILES string of the molecule is CCC(C(=O)Nc1nccc2c(C3=C(F)C=NC(Nc4cn(C)nc4OC)N3)c[nH]c12)N1CCN(C)CC1. The molecule has 0 aromatic carbocycles. The Hall–Kier alpha value is -3.97. The molecular weight excluding hydrogens is 491 g/mol. The largest absolute Gasteiger partial charge is 0.478 e. The maximum atomic E-state index is 15.0. The van der Waals surface area contributed by atoms with Crippen molar-refractivity contribution in [2.24, 2.45) is 12.0 Å². The van der Waals surface area contributed by atoms with Crippen LogP contribution in [0.4, 0.5) is 15.9 Å². The molecule has 5 rings (SSSR count). The lowest BCUT2D eigenvalue weighted by Gasteiger charge is -2.36. The van der Waals surface area contributed by atoms with Crippen LogP contribution in [0.2, 0.25) is 0 Å². The average molecular weight is 525 g/mol. The quantitative estimate of drug-likeness (QED) is 0.352. The Bertz CT molecular complexity index is 1370. The van der Waals surface area contributed by atoms with E-state index in [0.29, 0.717) is 40.3 Å². The first-order valence-corrected chi connectivity index (χ1v) is 12.6. The number of pyridine rings is 1. The summed E-state index contributed by atoms with van der Waals surface area (Å²) in [6, 6.07) is 1.54. The lowest BCUT2D eigenvalue weighted by molar-refractivity contribution is -0.122. The van der Waals surface area contributed by atoms with Crippen LogP contribution in [0.15, 0.2) is 35.5 Å². The summed E-state index contributed by atoms with van der Waals surface area (Å²) >= 11 is 0. The maximum Gasteiger partial charge on any atom is 0.256 e. The van der Waals surface area contributed by atoms with Crippen molar-refractivity contribution in [3.8, 4) is 5.88 Å². The molecule has 0 aliphatic carbocycles. The Labute approximate surface area is 219 Å². The van der Waals surface area contributed by atoms with Crippen molar-refractivity contribution in [2.75, 3.05) is 51.0 Å². The maximum absolute atomic E-state index is 15.0. The number of allylic oxidation sites excluding steroid dienone is 1. The number of H-pyrrole nitrogens is 1. The summed E-state index contributed by atoms with van der Waals surface area (Å²) in [6.07, 6.45) is 6.28. The molecule has 13 heteroatoms. The molecule has 3 aromatic rings. The Morgan fingerprint density at radius 1 is 1.29 bits per heavy atom. The van der Waals surface area contributed by atoms with Crippen LogP contribution < -0.4 is 20.7 Å². The van der Waals surface area contributed by atoms with Gasteiger partial charge in [-0.1, -0.05) is 6.92 Å². The number of aromatic amines is 1. The minimum Gasteiger partial charge on any atom is -0.478 e. The molecule has 0 saturated carbocycles. The van der Waals surface area contributed by atoms with Gasteiger partial charge in [0.2, 0.25) is 5.91 Å². The van der Waals surface area contributed by atoms with Gasteiger partial charge in [-0.25, -0.2) is 14.4 Å². The first kappa shape index (κ1) is 25.7. The zero-order valence-corrected chi connectivity index (χ0v) is 22.0. The van der Waals surface area contributed by atoms with E-state index in [1.54, 1.807) is 36.4 Å².